The third-order valence-corrected chi connectivity index (χ3v) is 9.00. The Morgan fingerprint density at radius 3 is 1.71 bits per heavy atom. The van der Waals surface area contributed by atoms with Gasteiger partial charge >= 0.3 is 0 Å². The van der Waals surface area contributed by atoms with Crippen LogP contribution >= 0.6 is 0 Å². The van der Waals surface area contributed by atoms with Gasteiger partial charge in [0.15, 0.2) is 11.9 Å². The smallest absolute Gasteiger partial charge is 0.243 e. The molecule has 0 saturated carbocycles. The maximum atomic E-state index is 14.0. The predicted molar refractivity (Wildman–Crippen MR) is 222 cm³/mol. The summed E-state index contributed by atoms with van der Waals surface area (Å²) in [7, 11) is 1.41. The molecule has 6 amide bonds. The van der Waals surface area contributed by atoms with E-state index in [1.165, 1.54) is 19.2 Å². The van der Waals surface area contributed by atoms with E-state index in [1.807, 2.05) is 13.8 Å². The van der Waals surface area contributed by atoms with Gasteiger partial charge in [0.05, 0.1) is 12.6 Å². The molecule has 2 rings (SSSR count). The molecule has 0 bridgehead atoms. The van der Waals surface area contributed by atoms with Gasteiger partial charge in [0, 0.05) is 26.6 Å². The first-order valence-corrected chi connectivity index (χ1v) is 19.3. The Kier molecular flexibility index (Phi) is 20.7. The van der Waals surface area contributed by atoms with Crippen molar-refractivity contribution in [2.45, 2.75) is 89.0 Å². The molecule has 59 heavy (non-hydrogen) atoms. The number of guanidine groups is 2. The number of carbonyl (C=O) groups excluding carboxylic acids is 6. The highest BCUT2D eigenvalue weighted by molar-refractivity contribution is 5.96. The van der Waals surface area contributed by atoms with Crippen molar-refractivity contribution in [2.75, 3.05) is 26.7 Å². The standard InChI is InChI=1S/C39H61N13O7/c1-23(2)19-30(35(57)50-29(12-8-18-47-39(44)45)34(56)49-28(33(41)55)11-7-17-46-38(42)43)51-36(58)31(21-24-9-5-4-6-10-24)48-32(54)22-52(3)37(59)27(40)20-25-13-15-26(53)16-14-25/h4-6,9-10,13-16,23,27-31,53H,7-8,11-12,17-22,40H2,1-3H3,(H2,41,55)(H,48,54)(H,49,56)(H,50,57)(H,51,58)(H4,42,43,46)(H4,44,45,47)/t27-,28-,29-,30-,31-/m0/s1. The van der Waals surface area contributed by atoms with Crippen LogP contribution in [0.4, 0.5) is 0 Å². The summed E-state index contributed by atoms with van der Waals surface area (Å²) in [6.07, 6.45) is 1.11. The van der Waals surface area contributed by atoms with E-state index in [-0.39, 0.29) is 75.2 Å². The van der Waals surface area contributed by atoms with Crippen LogP contribution in [-0.2, 0) is 41.6 Å². The van der Waals surface area contributed by atoms with Gasteiger partial charge in [0.2, 0.25) is 35.4 Å². The molecule has 0 aliphatic carbocycles. The van der Waals surface area contributed by atoms with Crippen LogP contribution in [0.3, 0.4) is 0 Å². The first-order chi connectivity index (χ1) is 27.9. The van der Waals surface area contributed by atoms with E-state index in [0.29, 0.717) is 17.5 Å². The van der Waals surface area contributed by atoms with Crippen molar-refractivity contribution in [3.8, 4) is 5.75 Å². The highest BCUT2D eigenvalue weighted by Crippen LogP contribution is 2.13. The zero-order chi connectivity index (χ0) is 44.1. The number of nitrogens with one attached hydrogen (secondary N) is 8. The molecular formula is C39H61N13O7. The first kappa shape index (κ1) is 48.7. The molecule has 5 atom stereocenters. The van der Waals surface area contributed by atoms with Crippen LogP contribution in [0, 0.1) is 16.7 Å². The topological polar surface area (TPSA) is 350 Å². The molecule has 0 heterocycles. The van der Waals surface area contributed by atoms with E-state index in [4.69, 9.17) is 33.8 Å². The fourth-order valence-corrected chi connectivity index (χ4v) is 5.98. The summed E-state index contributed by atoms with van der Waals surface area (Å²) in [5, 5.41) is 40.2. The Hall–Kier alpha value is -6.44. The highest BCUT2D eigenvalue weighted by Gasteiger charge is 2.32. The van der Waals surface area contributed by atoms with Crippen LogP contribution < -0.4 is 54.8 Å². The number of nitrogens with two attached hydrogens (primary N) is 4. The van der Waals surface area contributed by atoms with Crippen LogP contribution in [0.1, 0.15) is 57.1 Å². The van der Waals surface area contributed by atoms with Crippen molar-refractivity contribution < 1.29 is 33.9 Å². The maximum absolute atomic E-state index is 14.0. The number of aromatic hydroxyl groups is 1. The fraction of sp³-hybridized carbons (Fsp3) is 0.487. The van der Waals surface area contributed by atoms with Gasteiger partial charge in [-0.1, -0.05) is 56.3 Å². The lowest BCUT2D eigenvalue weighted by Gasteiger charge is -2.27. The van der Waals surface area contributed by atoms with Crippen LogP contribution in [0.15, 0.2) is 54.6 Å². The molecule has 324 valence electrons. The molecule has 20 nitrogen and oxygen atoms in total. The number of rotatable bonds is 25. The van der Waals surface area contributed by atoms with Crippen molar-refractivity contribution in [3.05, 3.63) is 65.7 Å². The van der Waals surface area contributed by atoms with Crippen LogP contribution in [0.25, 0.3) is 0 Å². The molecular weight excluding hydrogens is 763 g/mol. The molecule has 0 fully saturated rings. The number of phenols is 1. The van der Waals surface area contributed by atoms with E-state index in [1.54, 1.807) is 42.5 Å². The van der Waals surface area contributed by atoms with Crippen molar-refractivity contribution in [2.24, 2.45) is 28.9 Å². The van der Waals surface area contributed by atoms with Gasteiger partial charge in [-0.3, -0.25) is 39.6 Å². The average molecular weight is 824 g/mol. The fourth-order valence-electron chi connectivity index (χ4n) is 5.98. The highest BCUT2D eigenvalue weighted by atomic mass is 16.3. The average Bonchev–Trinajstić information content (AvgIpc) is 3.16. The molecule has 0 spiro atoms. The Labute approximate surface area is 344 Å². The van der Waals surface area contributed by atoms with E-state index in [2.05, 4.69) is 31.9 Å². The molecule has 0 aromatic heterocycles. The Bertz CT molecular complexity index is 1730. The second-order valence-corrected chi connectivity index (χ2v) is 14.7. The lowest BCUT2D eigenvalue weighted by atomic mass is 10.00. The van der Waals surface area contributed by atoms with Gasteiger partial charge in [-0.15, -0.1) is 0 Å². The van der Waals surface area contributed by atoms with Gasteiger partial charge in [-0.25, -0.2) is 0 Å². The van der Waals surface area contributed by atoms with E-state index in [0.717, 1.165) is 4.90 Å². The SMILES string of the molecule is CC(C)C[C@H](NC(=O)[C@H](Cc1ccccc1)NC(=O)CN(C)C(=O)[C@@H](N)Cc1ccc(O)cc1)C(=O)N[C@@H](CCCNC(=N)N)C(=O)N[C@@H](CCCNC(=N)N)C(N)=O. The molecule has 17 N–H and O–H groups in total. The number of hydrogen-bond acceptors (Lipinski definition) is 10. The minimum Gasteiger partial charge on any atom is -0.508 e. The number of hydrogen-bond donors (Lipinski definition) is 13. The second-order valence-electron chi connectivity index (χ2n) is 14.7. The first-order valence-electron chi connectivity index (χ1n) is 19.3. The molecule has 20 heteroatoms. The number of nitrogens with zero attached hydrogens (tertiary/aromatic N) is 1. The van der Waals surface area contributed by atoms with E-state index < -0.39 is 72.2 Å². The van der Waals surface area contributed by atoms with Gasteiger partial charge in [-0.2, -0.15) is 0 Å². The number of primary amides is 1. The third kappa shape index (κ3) is 19.0. The van der Waals surface area contributed by atoms with Crippen LogP contribution in [0.5, 0.6) is 5.75 Å². The van der Waals surface area contributed by atoms with Crippen molar-refractivity contribution in [1.82, 2.24) is 36.8 Å². The van der Waals surface area contributed by atoms with Crippen molar-refractivity contribution in [1.29, 1.82) is 10.8 Å². The quantitative estimate of drug-likeness (QED) is 0.0293. The summed E-state index contributed by atoms with van der Waals surface area (Å²) in [4.78, 5) is 81.3. The monoisotopic (exact) mass is 823 g/mol. The molecule has 0 saturated heterocycles. The normalized spacial score (nSPS) is 13.4. The molecule has 0 aliphatic heterocycles. The maximum Gasteiger partial charge on any atom is 0.243 e. The lowest BCUT2D eigenvalue weighted by Crippen LogP contribution is -2.59. The molecule has 2 aromatic carbocycles. The van der Waals surface area contributed by atoms with Crippen molar-refractivity contribution in [3.63, 3.8) is 0 Å². The summed E-state index contributed by atoms with van der Waals surface area (Å²) < 4.78 is 0. The van der Waals surface area contributed by atoms with Gasteiger partial charge in [0.25, 0.3) is 0 Å². The van der Waals surface area contributed by atoms with Crippen LogP contribution in [-0.4, -0.2) is 114 Å². The molecule has 0 unspecified atom stereocenters. The van der Waals surface area contributed by atoms with Crippen molar-refractivity contribution >= 4 is 47.4 Å². The van der Waals surface area contributed by atoms with Gasteiger partial charge < -0.3 is 64.8 Å². The number of likely N-dealkylation sites (N-methyl/N-ethyl adjacent to an activating group) is 1. The lowest BCUT2D eigenvalue weighted by molar-refractivity contribution is -0.137. The zero-order valence-corrected chi connectivity index (χ0v) is 33.9. The number of phenolic OH excluding ortho intramolecular Hbond substituents is 1. The Morgan fingerprint density at radius 2 is 1.17 bits per heavy atom. The minimum atomic E-state index is -1.20. The molecule has 2 aromatic rings. The van der Waals surface area contributed by atoms with Crippen LogP contribution in [0.2, 0.25) is 0 Å². The third-order valence-electron chi connectivity index (χ3n) is 9.00. The summed E-state index contributed by atoms with van der Waals surface area (Å²) in [6, 6.07) is 9.45. The van der Waals surface area contributed by atoms with Gasteiger partial charge in [0.1, 0.15) is 29.9 Å². The summed E-state index contributed by atoms with van der Waals surface area (Å²) in [6.45, 7) is 3.70. The summed E-state index contributed by atoms with van der Waals surface area (Å²) in [5.74, 6) is -4.69. The Balaban J connectivity index is 2.25. The second kappa shape index (κ2) is 25.0. The number of amides is 6. The molecule has 0 aliphatic rings. The van der Waals surface area contributed by atoms with Gasteiger partial charge in [-0.05, 0) is 67.7 Å². The predicted octanol–water partition coefficient (Wildman–Crippen LogP) is -2.04. The molecule has 0 radical (unpaired) electrons. The summed E-state index contributed by atoms with van der Waals surface area (Å²) >= 11 is 0. The minimum absolute atomic E-state index is 0.0388. The number of benzene rings is 2. The largest absolute Gasteiger partial charge is 0.508 e. The van der Waals surface area contributed by atoms with E-state index >= 15 is 0 Å². The van der Waals surface area contributed by atoms with E-state index in [9.17, 15) is 33.9 Å². The Morgan fingerprint density at radius 1 is 0.678 bits per heavy atom. The number of carbonyl (C=O) groups is 6. The summed E-state index contributed by atoms with van der Waals surface area (Å²) in [5.41, 5.74) is 23.8. The zero-order valence-electron chi connectivity index (χ0n) is 33.9.